The molecule has 2 amide bonds. The van der Waals surface area contributed by atoms with Crippen molar-refractivity contribution < 1.29 is 14.3 Å². The SMILES string of the molecule is COCCn1cc(NC(=O)N2CCC[C@H]2c2ccc(OC)cc2)cn1. The minimum absolute atomic E-state index is 0.0921. The molecule has 134 valence electrons. The maximum absolute atomic E-state index is 12.7. The van der Waals surface area contributed by atoms with Crippen LogP contribution in [0.4, 0.5) is 10.5 Å². The van der Waals surface area contributed by atoms with E-state index in [1.165, 1.54) is 0 Å². The summed E-state index contributed by atoms with van der Waals surface area (Å²) < 4.78 is 12.0. The van der Waals surface area contributed by atoms with Gasteiger partial charge in [-0.05, 0) is 30.5 Å². The van der Waals surface area contributed by atoms with E-state index in [1.54, 1.807) is 25.1 Å². The maximum atomic E-state index is 12.7. The molecule has 2 heterocycles. The van der Waals surface area contributed by atoms with Crippen molar-refractivity contribution in [1.82, 2.24) is 14.7 Å². The summed E-state index contributed by atoms with van der Waals surface area (Å²) in [5.74, 6) is 0.821. The molecule has 1 aromatic heterocycles. The number of carbonyl (C=O) groups is 1. The molecule has 0 spiro atoms. The Balaban J connectivity index is 1.64. The van der Waals surface area contributed by atoms with Gasteiger partial charge in [0.15, 0.2) is 0 Å². The number of aromatic nitrogens is 2. The van der Waals surface area contributed by atoms with E-state index in [0.717, 1.165) is 30.7 Å². The molecule has 3 rings (SSSR count). The fourth-order valence-corrected chi connectivity index (χ4v) is 3.11. The zero-order valence-electron chi connectivity index (χ0n) is 14.6. The van der Waals surface area contributed by atoms with Crippen LogP contribution in [0.5, 0.6) is 5.75 Å². The molecule has 1 N–H and O–H groups in total. The Morgan fingerprint density at radius 3 is 2.84 bits per heavy atom. The van der Waals surface area contributed by atoms with Gasteiger partial charge in [0.05, 0.1) is 38.2 Å². The third kappa shape index (κ3) is 4.11. The van der Waals surface area contributed by atoms with Crippen LogP contribution in [0.15, 0.2) is 36.7 Å². The summed E-state index contributed by atoms with van der Waals surface area (Å²) in [6.45, 7) is 1.99. The highest BCUT2D eigenvalue weighted by Crippen LogP contribution is 2.33. The van der Waals surface area contributed by atoms with E-state index in [4.69, 9.17) is 9.47 Å². The van der Waals surface area contributed by atoms with Crippen LogP contribution in [0.1, 0.15) is 24.4 Å². The number of hydrogen-bond acceptors (Lipinski definition) is 4. The van der Waals surface area contributed by atoms with E-state index in [0.29, 0.717) is 18.8 Å². The van der Waals surface area contributed by atoms with Crippen LogP contribution < -0.4 is 10.1 Å². The van der Waals surface area contributed by atoms with Crippen molar-refractivity contribution in [3.63, 3.8) is 0 Å². The number of nitrogens with one attached hydrogen (secondary N) is 1. The van der Waals surface area contributed by atoms with E-state index in [-0.39, 0.29) is 12.1 Å². The average molecular weight is 344 g/mol. The smallest absolute Gasteiger partial charge is 0.322 e. The number of rotatable bonds is 6. The predicted octanol–water partition coefficient (Wildman–Crippen LogP) is 2.91. The summed E-state index contributed by atoms with van der Waals surface area (Å²) in [6.07, 6.45) is 5.44. The van der Waals surface area contributed by atoms with Gasteiger partial charge in [-0.1, -0.05) is 12.1 Å². The molecule has 1 atom stereocenters. The molecule has 0 radical (unpaired) electrons. The lowest BCUT2D eigenvalue weighted by atomic mass is 10.0. The zero-order chi connectivity index (χ0) is 17.6. The molecule has 0 unspecified atom stereocenters. The molecule has 1 aliphatic heterocycles. The van der Waals surface area contributed by atoms with Gasteiger partial charge in [-0.25, -0.2) is 4.79 Å². The van der Waals surface area contributed by atoms with Crippen molar-refractivity contribution in [2.45, 2.75) is 25.4 Å². The van der Waals surface area contributed by atoms with Gasteiger partial charge in [-0.2, -0.15) is 5.10 Å². The number of hydrogen-bond donors (Lipinski definition) is 1. The van der Waals surface area contributed by atoms with E-state index in [2.05, 4.69) is 10.4 Å². The van der Waals surface area contributed by atoms with Crippen LogP contribution in [0.3, 0.4) is 0 Å². The maximum Gasteiger partial charge on any atom is 0.322 e. The number of benzene rings is 1. The van der Waals surface area contributed by atoms with Crippen LogP contribution in [0.2, 0.25) is 0 Å². The van der Waals surface area contributed by atoms with Crippen molar-refractivity contribution in [2.75, 3.05) is 32.7 Å². The number of nitrogens with zero attached hydrogens (tertiary/aromatic N) is 3. The Bertz CT molecular complexity index is 699. The molecule has 1 saturated heterocycles. The Hall–Kier alpha value is -2.54. The highest BCUT2D eigenvalue weighted by molar-refractivity contribution is 5.89. The van der Waals surface area contributed by atoms with Gasteiger partial charge >= 0.3 is 6.03 Å². The summed E-state index contributed by atoms with van der Waals surface area (Å²) in [7, 11) is 3.30. The van der Waals surface area contributed by atoms with Gasteiger partial charge in [-0.15, -0.1) is 0 Å². The van der Waals surface area contributed by atoms with Gasteiger partial charge < -0.3 is 19.7 Å². The Kier molecular flexibility index (Phi) is 5.55. The van der Waals surface area contributed by atoms with Crippen molar-refractivity contribution in [3.8, 4) is 5.75 Å². The fraction of sp³-hybridized carbons (Fsp3) is 0.444. The number of likely N-dealkylation sites (tertiary alicyclic amines) is 1. The second-order valence-corrected chi connectivity index (χ2v) is 6.04. The number of urea groups is 1. The van der Waals surface area contributed by atoms with Crippen LogP contribution in [0, 0.1) is 0 Å². The van der Waals surface area contributed by atoms with Crippen LogP contribution in [-0.2, 0) is 11.3 Å². The summed E-state index contributed by atoms with van der Waals surface area (Å²) in [6, 6.07) is 7.92. The normalized spacial score (nSPS) is 16.9. The number of carbonyl (C=O) groups excluding carboxylic acids is 1. The summed E-state index contributed by atoms with van der Waals surface area (Å²) in [4.78, 5) is 14.6. The van der Waals surface area contributed by atoms with Crippen LogP contribution in [0.25, 0.3) is 0 Å². The molecule has 1 aliphatic rings. The first kappa shape index (κ1) is 17.3. The number of anilines is 1. The third-order valence-corrected chi connectivity index (χ3v) is 4.42. The lowest BCUT2D eigenvalue weighted by molar-refractivity contribution is 0.183. The first-order chi connectivity index (χ1) is 12.2. The van der Waals surface area contributed by atoms with Crippen LogP contribution in [-0.4, -0.2) is 48.1 Å². The number of methoxy groups -OCH3 is 2. The summed E-state index contributed by atoms with van der Waals surface area (Å²) in [5.41, 5.74) is 1.82. The molecule has 0 saturated carbocycles. The fourth-order valence-electron chi connectivity index (χ4n) is 3.11. The van der Waals surface area contributed by atoms with Gasteiger partial charge in [0.25, 0.3) is 0 Å². The number of ether oxygens (including phenoxy) is 2. The largest absolute Gasteiger partial charge is 0.497 e. The molecule has 7 heteroatoms. The lowest BCUT2D eigenvalue weighted by Crippen LogP contribution is -2.34. The Morgan fingerprint density at radius 1 is 1.32 bits per heavy atom. The minimum atomic E-state index is -0.0930. The lowest BCUT2D eigenvalue weighted by Gasteiger charge is -2.25. The van der Waals surface area contributed by atoms with E-state index >= 15 is 0 Å². The highest BCUT2D eigenvalue weighted by Gasteiger charge is 2.30. The van der Waals surface area contributed by atoms with Gasteiger partial charge in [0.1, 0.15) is 5.75 Å². The van der Waals surface area contributed by atoms with Crippen molar-refractivity contribution in [1.29, 1.82) is 0 Å². The minimum Gasteiger partial charge on any atom is -0.497 e. The van der Waals surface area contributed by atoms with E-state index in [9.17, 15) is 4.79 Å². The van der Waals surface area contributed by atoms with Gasteiger partial charge in [-0.3, -0.25) is 4.68 Å². The standard InChI is InChI=1S/C18H24N4O3/c1-24-11-10-21-13-15(12-19-21)20-18(23)22-9-3-4-17(22)14-5-7-16(25-2)8-6-14/h5-8,12-13,17H,3-4,9-11H2,1-2H3,(H,20,23)/t17-/m0/s1. The van der Waals surface area contributed by atoms with Crippen molar-refractivity contribution in [2.24, 2.45) is 0 Å². The Labute approximate surface area is 147 Å². The highest BCUT2D eigenvalue weighted by atomic mass is 16.5. The molecule has 0 bridgehead atoms. The quantitative estimate of drug-likeness (QED) is 0.875. The first-order valence-electron chi connectivity index (χ1n) is 8.44. The topological polar surface area (TPSA) is 68.6 Å². The molecular formula is C18H24N4O3. The molecule has 0 aliphatic carbocycles. The van der Waals surface area contributed by atoms with E-state index in [1.807, 2.05) is 35.4 Å². The van der Waals surface area contributed by atoms with Gasteiger partial charge in [0, 0.05) is 19.9 Å². The van der Waals surface area contributed by atoms with Crippen molar-refractivity contribution in [3.05, 3.63) is 42.2 Å². The predicted molar refractivity (Wildman–Crippen MR) is 94.8 cm³/mol. The second kappa shape index (κ2) is 8.02. The van der Waals surface area contributed by atoms with E-state index < -0.39 is 0 Å². The molecule has 1 aromatic carbocycles. The first-order valence-corrected chi connectivity index (χ1v) is 8.44. The monoisotopic (exact) mass is 344 g/mol. The summed E-state index contributed by atoms with van der Waals surface area (Å²) >= 11 is 0. The molecule has 2 aromatic rings. The molecule has 1 fully saturated rings. The van der Waals surface area contributed by atoms with Crippen LogP contribution >= 0.6 is 0 Å². The molecular weight excluding hydrogens is 320 g/mol. The molecule has 25 heavy (non-hydrogen) atoms. The van der Waals surface area contributed by atoms with Crippen molar-refractivity contribution >= 4 is 11.7 Å². The zero-order valence-corrected chi connectivity index (χ0v) is 14.6. The average Bonchev–Trinajstić information content (AvgIpc) is 3.29. The number of amides is 2. The summed E-state index contributed by atoms with van der Waals surface area (Å²) in [5, 5.41) is 7.16. The third-order valence-electron chi connectivity index (χ3n) is 4.42. The van der Waals surface area contributed by atoms with Gasteiger partial charge in [0.2, 0.25) is 0 Å². The molecule has 7 nitrogen and oxygen atoms in total. The second-order valence-electron chi connectivity index (χ2n) is 6.04. The Morgan fingerprint density at radius 2 is 2.12 bits per heavy atom.